The summed E-state index contributed by atoms with van der Waals surface area (Å²) in [7, 11) is 1.70. The highest BCUT2D eigenvalue weighted by atomic mass is 19.1. The molecule has 40 heavy (non-hydrogen) atoms. The zero-order chi connectivity index (χ0) is 27.4. The molecule has 1 aliphatic carbocycles. The van der Waals surface area contributed by atoms with Crippen molar-refractivity contribution in [3.05, 3.63) is 52.5 Å². The highest BCUT2D eigenvalue weighted by Gasteiger charge is 2.47. The van der Waals surface area contributed by atoms with Crippen molar-refractivity contribution in [2.45, 2.75) is 51.2 Å². The summed E-state index contributed by atoms with van der Waals surface area (Å²) in [5, 5.41) is 9.23. The molecule has 210 valence electrons. The summed E-state index contributed by atoms with van der Waals surface area (Å²) in [5.41, 5.74) is 3.95. The molecule has 2 saturated heterocycles. The maximum Gasteiger partial charge on any atom is 0.330 e. The molecule has 3 aliphatic rings. The van der Waals surface area contributed by atoms with Gasteiger partial charge in [-0.1, -0.05) is 6.07 Å². The SMILES string of the molecule is C[C@@H](OCCN1CCC2(CC2)C1)c1ccc(-c2cc3c(cc2F)nnc2c3n(C3CCOCC3)c(=O)n2C)cn1. The summed E-state index contributed by atoms with van der Waals surface area (Å²) >= 11 is 0. The summed E-state index contributed by atoms with van der Waals surface area (Å²) in [4.78, 5) is 20.4. The first-order valence-corrected chi connectivity index (χ1v) is 14.4. The van der Waals surface area contributed by atoms with E-state index < -0.39 is 5.82 Å². The number of benzene rings is 1. The molecule has 7 rings (SSSR count). The van der Waals surface area contributed by atoms with Crippen LogP contribution in [0.25, 0.3) is 33.2 Å². The number of imidazole rings is 1. The average molecular weight is 547 g/mol. The van der Waals surface area contributed by atoms with Crippen LogP contribution in [0.5, 0.6) is 0 Å². The normalized spacial score (nSPS) is 20.2. The molecule has 1 saturated carbocycles. The molecular weight excluding hydrogens is 511 g/mol. The Morgan fingerprint density at radius 1 is 1.18 bits per heavy atom. The second-order valence-corrected chi connectivity index (χ2v) is 11.8. The van der Waals surface area contributed by atoms with E-state index in [1.807, 2.05) is 19.1 Å². The number of likely N-dealkylation sites (tertiary alicyclic amines) is 1. The van der Waals surface area contributed by atoms with E-state index in [4.69, 9.17) is 9.47 Å². The van der Waals surface area contributed by atoms with Gasteiger partial charge in [0, 0.05) is 68.2 Å². The van der Waals surface area contributed by atoms with E-state index in [1.54, 1.807) is 23.9 Å². The van der Waals surface area contributed by atoms with Crippen LogP contribution in [0.15, 0.2) is 35.3 Å². The van der Waals surface area contributed by atoms with Crippen molar-refractivity contribution in [3.8, 4) is 11.1 Å². The Balaban J connectivity index is 1.15. The van der Waals surface area contributed by atoms with Gasteiger partial charge in [-0.05, 0) is 63.1 Å². The number of hydrogen-bond acceptors (Lipinski definition) is 7. The third kappa shape index (κ3) is 4.52. The molecule has 0 N–H and O–H groups in total. The van der Waals surface area contributed by atoms with E-state index in [1.165, 1.54) is 43.0 Å². The molecule has 4 aromatic rings. The summed E-state index contributed by atoms with van der Waals surface area (Å²) in [6.45, 7) is 7.21. The van der Waals surface area contributed by atoms with Crippen LogP contribution in [0.4, 0.5) is 4.39 Å². The number of aryl methyl sites for hydroxylation is 1. The van der Waals surface area contributed by atoms with Gasteiger partial charge in [-0.25, -0.2) is 9.18 Å². The molecule has 3 fully saturated rings. The molecule has 5 heterocycles. The molecule has 1 aromatic carbocycles. The molecule has 1 spiro atoms. The monoisotopic (exact) mass is 546 g/mol. The molecule has 0 amide bonds. The average Bonchev–Trinajstić information content (AvgIpc) is 3.54. The maximum atomic E-state index is 15.4. The number of ether oxygens (including phenoxy) is 2. The smallest absolute Gasteiger partial charge is 0.330 e. The van der Waals surface area contributed by atoms with Crippen molar-refractivity contribution >= 4 is 22.1 Å². The lowest BCUT2D eigenvalue weighted by Gasteiger charge is -2.23. The summed E-state index contributed by atoms with van der Waals surface area (Å²) < 4.78 is 30.3. The van der Waals surface area contributed by atoms with Gasteiger partial charge >= 0.3 is 5.69 Å². The molecule has 3 aromatic heterocycles. The zero-order valence-corrected chi connectivity index (χ0v) is 23.1. The first-order valence-electron chi connectivity index (χ1n) is 14.4. The van der Waals surface area contributed by atoms with Gasteiger partial charge in [-0.3, -0.25) is 14.1 Å². The fourth-order valence-electron chi connectivity index (χ4n) is 6.47. The zero-order valence-electron chi connectivity index (χ0n) is 23.1. The lowest BCUT2D eigenvalue weighted by atomic mass is 10.0. The molecule has 10 heteroatoms. The summed E-state index contributed by atoms with van der Waals surface area (Å²) in [5.74, 6) is -0.407. The lowest BCUT2D eigenvalue weighted by Crippen LogP contribution is -2.29. The standard InChI is InChI=1S/C30H35FN6O3/c1-19(40-14-11-36-10-9-30(18-36)7-8-30)25-4-3-20(17-32-25)22-15-23-26(16-24(22)31)33-34-28-27(23)37(29(38)35(28)2)21-5-12-39-13-6-21/h3-4,15-17,19,21H,5-14,18H2,1-2H3/t19-/m1/s1. The van der Waals surface area contributed by atoms with Crippen molar-refractivity contribution in [2.75, 3.05) is 39.5 Å². The Hall–Kier alpha value is -3.21. The molecular formula is C30H35FN6O3. The van der Waals surface area contributed by atoms with Crippen LogP contribution in [-0.2, 0) is 16.5 Å². The van der Waals surface area contributed by atoms with E-state index in [9.17, 15) is 4.79 Å². The molecule has 2 aliphatic heterocycles. The minimum Gasteiger partial charge on any atom is -0.381 e. The van der Waals surface area contributed by atoms with Gasteiger partial charge < -0.3 is 14.4 Å². The van der Waals surface area contributed by atoms with Crippen molar-refractivity contribution < 1.29 is 13.9 Å². The predicted molar refractivity (Wildman–Crippen MR) is 150 cm³/mol. The number of halogens is 1. The molecule has 1 atom stereocenters. The van der Waals surface area contributed by atoms with Crippen molar-refractivity contribution in [2.24, 2.45) is 12.5 Å². The van der Waals surface area contributed by atoms with Gasteiger partial charge in [0.2, 0.25) is 0 Å². The molecule has 0 unspecified atom stereocenters. The second-order valence-electron chi connectivity index (χ2n) is 11.8. The van der Waals surface area contributed by atoms with Crippen LogP contribution in [0.2, 0.25) is 0 Å². The Morgan fingerprint density at radius 2 is 2.00 bits per heavy atom. The Bertz CT molecular complexity index is 1620. The van der Waals surface area contributed by atoms with Crippen molar-refractivity contribution in [3.63, 3.8) is 0 Å². The van der Waals surface area contributed by atoms with Crippen molar-refractivity contribution in [1.82, 2.24) is 29.2 Å². The van der Waals surface area contributed by atoms with Gasteiger partial charge in [-0.2, -0.15) is 0 Å². The fourth-order valence-corrected chi connectivity index (χ4v) is 6.47. The van der Waals surface area contributed by atoms with E-state index >= 15 is 4.39 Å². The Kier molecular flexibility index (Phi) is 6.44. The van der Waals surface area contributed by atoms with Crippen LogP contribution < -0.4 is 5.69 Å². The fraction of sp³-hybridized carbons (Fsp3) is 0.533. The number of pyridine rings is 1. The highest BCUT2D eigenvalue weighted by Crippen LogP contribution is 2.52. The van der Waals surface area contributed by atoms with Crippen LogP contribution in [-0.4, -0.2) is 68.7 Å². The highest BCUT2D eigenvalue weighted by molar-refractivity contribution is 6.02. The largest absolute Gasteiger partial charge is 0.381 e. The quantitative estimate of drug-likeness (QED) is 0.340. The number of nitrogens with zero attached hydrogens (tertiary/aromatic N) is 6. The van der Waals surface area contributed by atoms with Crippen LogP contribution in [0.3, 0.4) is 0 Å². The van der Waals surface area contributed by atoms with Crippen LogP contribution in [0, 0.1) is 11.2 Å². The summed E-state index contributed by atoms with van der Waals surface area (Å²) in [6, 6.07) is 6.95. The van der Waals surface area contributed by atoms with Gasteiger partial charge in [0.15, 0.2) is 5.65 Å². The Labute approximate surface area is 231 Å². The van der Waals surface area contributed by atoms with E-state index in [0.717, 1.165) is 25.1 Å². The molecule has 0 bridgehead atoms. The first-order chi connectivity index (χ1) is 19.4. The first kappa shape index (κ1) is 25.7. The lowest BCUT2D eigenvalue weighted by molar-refractivity contribution is 0.0485. The summed E-state index contributed by atoms with van der Waals surface area (Å²) in [6.07, 6.45) is 7.11. The maximum absolute atomic E-state index is 15.4. The number of fused-ring (bicyclic) bond motifs is 3. The number of rotatable bonds is 7. The topological polar surface area (TPSA) is 87.3 Å². The number of aromatic nitrogens is 5. The van der Waals surface area contributed by atoms with E-state index in [0.29, 0.717) is 58.4 Å². The van der Waals surface area contributed by atoms with Gasteiger partial charge in [0.1, 0.15) is 11.3 Å². The number of hydrogen-bond donors (Lipinski definition) is 0. The Morgan fingerprint density at radius 3 is 2.73 bits per heavy atom. The van der Waals surface area contributed by atoms with Crippen LogP contribution >= 0.6 is 0 Å². The molecule has 0 radical (unpaired) electrons. The predicted octanol–water partition coefficient (Wildman–Crippen LogP) is 4.40. The second kappa shape index (κ2) is 10.0. The van der Waals surface area contributed by atoms with Gasteiger partial charge in [0.25, 0.3) is 0 Å². The van der Waals surface area contributed by atoms with E-state index in [-0.39, 0.29) is 17.8 Å². The minimum absolute atomic E-state index is 0.00594. The van der Waals surface area contributed by atoms with Gasteiger partial charge in [-0.15, -0.1) is 10.2 Å². The van der Waals surface area contributed by atoms with Crippen molar-refractivity contribution in [1.29, 1.82) is 0 Å². The van der Waals surface area contributed by atoms with E-state index in [2.05, 4.69) is 20.1 Å². The molecule has 9 nitrogen and oxygen atoms in total. The van der Waals surface area contributed by atoms with Gasteiger partial charge in [0.05, 0.1) is 23.9 Å². The third-order valence-corrected chi connectivity index (χ3v) is 9.18. The third-order valence-electron chi connectivity index (χ3n) is 9.18. The minimum atomic E-state index is -0.407. The van der Waals surface area contributed by atoms with Crippen LogP contribution in [0.1, 0.15) is 56.9 Å².